The number of hydrogen-bond acceptors (Lipinski definition) is 3. The summed E-state index contributed by atoms with van der Waals surface area (Å²) in [6, 6.07) is 8.39. The van der Waals surface area contributed by atoms with Crippen LogP contribution in [0.25, 0.3) is 11.1 Å². The number of pyridine rings is 1. The number of methoxy groups -OCH3 is 1. The third kappa shape index (κ3) is 3.48. The van der Waals surface area contributed by atoms with Crippen molar-refractivity contribution in [2.75, 3.05) is 7.11 Å². The average molecular weight is 283 g/mol. The van der Waals surface area contributed by atoms with E-state index in [0.717, 1.165) is 11.1 Å². The first kappa shape index (κ1) is 15.2. The van der Waals surface area contributed by atoms with Gasteiger partial charge in [0.05, 0.1) is 13.5 Å². The smallest absolute Gasteiger partial charge is 0.306 e. The third-order valence-electron chi connectivity index (χ3n) is 3.80. The molecule has 2 rings (SSSR count). The van der Waals surface area contributed by atoms with E-state index < -0.39 is 0 Å². The van der Waals surface area contributed by atoms with Crippen molar-refractivity contribution >= 4 is 5.97 Å². The monoisotopic (exact) mass is 283 g/mol. The minimum absolute atomic E-state index is 0.0919. The molecule has 0 fully saturated rings. The van der Waals surface area contributed by atoms with Gasteiger partial charge in [-0.3, -0.25) is 9.78 Å². The van der Waals surface area contributed by atoms with Gasteiger partial charge >= 0.3 is 5.97 Å². The Morgan fingerprint density at radius 1 is 1.24 bits per heavy atom. The lowest BCUT2D eigenvalue weighted by Gasteiger charge is -2.14. The van der Waals surface area contributed by atoms with Crippen molar-refractivity contribution in [3.8, 4) is 11.1 Å². The van der Waals surface area contributed by atoms with Crippen molar-refractivity contribution < 1.29 is 9.53 Å². The Labute approximate surface area is 126 Å². The number of ether oxygens (including phenoxy) is 1. The van der Waals surface area contributed by atoms with Crippen molar-refractivity contribution in [2.45, 2.75) is 33.1 Å². The SMILES string of the molecule is COC(=O)C[C@@H](C)c1cncc(-c2c(C)cccc2C)c1. The van der Waals surface area contributed by atoms with Crippen LogP contribution in [0.15, 0.2) is 36.7 Å². The van der Waals surface area contributed by atoms with Crippen LogP contribution in [-0.4, -0.2) is 18.1 Å². The minimum Gasteiger partial charge on any atom is -0.469 e. The molecule has 0 aliphatic heterocycles. The van der Waals surface area contributed by atoms with Gasteiger partial charge in [0, 0.05) is 18.0 Å². The number of benzene rings is 1. The maximum absolute atomic E-state index is 11.4. The number of aryl methyl sites for hydroxylation is 2. The maximum atomic E-state index is 11.4. The molecule has 0 aliphatic carbocycles. The van der Waals surface area contributed by atoms with E-state index >= 15 is 0 Å². The highest BCUT2D eigenvalue weighted by Gasteiger charge is 2.13. The van der Waals surface area contributed by atoms with Gasteiger partial charge in [-0.05, 0) is 48.1 Å². The molecular formula is C18H21NO2. The molecule has 3 nitrogen and oxygen atoms in total. The molecule has 0 saturated carbocycles. The number of nitrogens with zero attached hydrogens (tertiary/aromatic N) is 1. The summed E-state index contributed by atoms with van der Waals surface area (Å²) in [6.45, 7) is 6.22. The van der Waals surface area contributed by atoms with E-state index in [0.29, 0.717) is 6.42 Å². The molecule has 1 heterocycles. The number of hydrogen-bond donors (Lipinski definition) is 0. The predicted molar refractivity (Wildman–Crippen MR) is 84.2 cm³/mol. The Balaban J connectivity index is 2.36. The summed E-state index contributed by atoms with van der Waals surface area (Å²) in [5.41, 5.74) is 5.83. The normalized spacial score (nSPS) is 12.0. The second-order valence-electron chi connectivity index (χ2n) is 5.46. The highest BCUT2D eigenvalue weighted by atomic mass is 16.5. The summed E-state index contributed by atoms with van der Waals surface area (Å²) in [4.78, 5) is 15.8. The highest BCUT2D eigenvalue weighted by molar-refractivity contribution is 5.72. The molecule has 21 heavy (non-hydrogen) atoms. The number of esters is 1. The Morgan fingerprint density at radius 2 is 1.90 bits per heavy atom. The molecular weight excluding hydrogens is 262 g/mol. The topological polar surface area (TPSA) is 39.2 Å². The summed E-state index contributed by atoms with van der Waals surface area (Å²) >= 11 is 0. The fourth-order valence-electron chi connectivity index (χ4n) is 2.58. The molecule has 1 aromatic heterocycles. The van der Waals surface area contributed by atoms with E-state index in [1.54, 1.807) is 0 Å². The zero-order valence-corrected chi connectivity index (χ0v) is 13.0. The van der Waals surface area contributed by atoms with Crippen LogP contribution in [0.1, 0.15) is 36.0 Å². The Morgan fingerprint density at radius 3 is 2.52 bits per heavy atom. The number of rotatable bonds is 4. The molecule has 0 saturated heterocycles. The van der Waals surface area contributed by atoms with Gasteiger partial charge in [-0.25, -0.2) is 0 Å². The molecule has 1 aromatic carbocycles. The standard InChI is InChI=1S/C18H21NO2/c1-12-6-5-7-13(2)18(12)16-9-15(10-19-11-16)14(3)8-17(20)21-4/h5-7,9-11,14H,8H2,1-4H3/t14-/m1/s1. The van der Waals surface area contributed by atoms with Crippen LogP contribution < -0.4 is 0 Å². The van der Waals surface area contributed by atoms with E-state index in [1.807, 2.05) is 19.3 Å². The second kappa shape index (κ2) is 6.53. The van der Waals surface area contributed by atoms with E-state index in [-0.39, 0.29) is 11.9 Å². The first-order valence-electron chi connectivity index (χ1n) is 7.11. The van der Waals surface area contributed by atoms with Gasteiger partial charge in [0.15, 0.2) is 0 Å². The van der Waals surface area contributed by atoms with Gasteiger partial charge in [0.2, 0.25) is 0 Å². The van der Waals surface area contributed by atoms with Crippen LogP contribution in [0.3, 0.4) is 0 Å². The molecule has 3 heteroatoms. The molecule has 0 aliphatic rings. The van der Waals surface area contributed by atoms with Gasteiger partial charge in [-0.2, -0.15) is 0 Å². The molecule has 0 bridgehead atoms. The van der Waals surface area contributed by atoms with Crippen LogP contribution in [0.2, 0.25) is 0 Å². The zero-order valence-electron chi connectivity index (χ0n) is 13.0. The van der Waals surface area contributed by atoms with E-state index in [2.05, 4.69) is 43.1 Å². The van der Waals surface area contributed by atoms with Crippen molar-refractivity contribution in [3.05, 3.63) is 53.3 Å². The Hall–Kier alpha value is -2.16. The summed E-state index contributed by atoms with van der Waals surface area (Å²) in [7, 11) is 1.42. The molecule has 0 unspecified atom stereocenters. The quantitative estimate of drug-likeness (QED) is 0.795. The highest BCUT2D eigenvalue weighted by Crippen LogP contribution is 2.29. The molecule has 110 valence electrons. The van der Waals surface area contributed by atoms with Crippen LogP contribution >= 0.6 is 0 Å². The Bertz CT molecular complexity index is 629. The van der Waals surface area contributed by atoms with E-state index in [4.69, 9.17) is 4.74 Å². The lowest BCUT2D eigenvalue weighted by molar-refractivity contribution is -0.140. The van der Waals surface area contributed by atoms with Gasteiger partial charge in [-0.15, -0.1) is 0 Å². The van der Waals surface area contributed by atoms with Crippen molar-refractivity contribution in [1.82, 2.24) is 4.98 Å². The fourth-order valence-corrected chi connectivity index (χ4v) is 2.58. The molecule has 0 radical (unpaired) electrons. The molecule has 2 aromatic rings. The third-order valence-corrected chi connectivity index (χ3v) is 3.80. The minimum atomic E-state index is -0.194. The van der Waals surface area contributed by atoms with Gasteiger partial charge in [-0.1, -0.05) is 25.1 Å². The summed E-state index contributed by atoms with van der Waals surface area (Å²) in [5.74, 6) is -0.103. The van der Waals surface area contributed by atoms with Gasteiger partial charge in [0.25, 0.3) is 0 Å². The molecule has 0 spiro atoms. The second-order valence-corrected chi connectivity index (χ2v) is 5.46. The first-order chi connectivity index (χ1) is 10.0. The zero-order chi connectivity index (χ0) is 15.4. The maximum Gasteiger partial charge on any atom is 0.306 e. The molecule has 0 N–H and O–H groups in total. The average Bonchev–Trinajstić information content (AvgIpc) is 2.47. The van der Waals surface area contributed by atoms with E-state index in [9.17, 15) is 4.79 Å². The summed E-state index contributed by atoms with van der Waals surface area (Å²) in [6.07, 6.45) is 4.07. The van der Waals surface area contributed by atoms with Crippen LogP contribution in [0.5, 0.6) is 0 Å². The molecule has 0 amide bonds. The first-order valence-corrected chi connectivity index (χ1v) is 7.11. The summed E-state index contributed by atoms with van der Waals surface area (Å²) in [5, 5.41) is 0. The van der Waals surface area contributed by atoms with Crippen LogP contribution in [-0.2, 0) is 9.53 Å². The lowest BCUT2D eigenvalue weighted by atomic mass is 9.93. The number of aromatic nitrogens is 1. The number of carbonyl (C=O) groups is 1. The largest absolute Gasteiger partial charge is 0.469 e. The summed E-state index contributed by atoms with van der Waals surface area (Å²) < 4.78 is 4.74. The lowest BCUT2D eigenvalue weighted by Crippen LogP contribution is -2.06. The predicted octanol–water partition coefficient (Wildman–Crippen LogP) is 4.03. The van der Waals surface area contributed by atoms with Crippen LogP contribution in [0, 0.1) is 13.8 Å². The van der Waals surface area contributed by atoms with Crippen LogP contribution in [0.4, 0.5) is 0 Å². The van der Waals surface area contributed by atoms with Gasteiger partial charge < -0.3 is 4.74 Å². The van der Waals surface area contributed by atoms with Crippen molar-refractivity contribution in [3.63, 3.8) is 0 Å². The fraction of sp³-hybridized carbons (Fsp3) is 0.333. The van der Waals surface area contributed by atoms with Gasteiger partial charge in [0.1, 0.15) is 0 Å². The molecule has 1 atom stereocenters. The van der Waals surface area contributed by atoms with E-state index in [1.165, 1.54) is 23.8 Å². The van der Waals surface area contributed by atoms with Crippen molar-refractivity contribution in [1.29, 1.82) is 0 Å². The Kier molecular flexibility index (Phi) is 4.73. The number of carbonyl (C=O) groups excluding carboxylic acids is 1. The van der Waals surface area contributed by atoms with Crippen molar-refractivity contribution in [2.24, 2.45) is 0 Å².